The zero-order valence-electron chi connectivity index (χ0n) is 46.2. The fourth-order valence-corrected chi connectivity index (χ4v) is 7.47. The van der Waals surface area contributed by atoms with E-state index in [1.54, 1.807) is 91.0 Å². The Labute approximate surface area is 458 Å². The molecule has 3 aromatic heterocycles. The van der Waals surface area contributed by atoms with Crippen molar-refractivity contribution < 1.29 is 28.8 Å². The first-order valence-electron chi connectivity index (χ1n) is 26.3. The number of carbonyl (C=O) groups is 6. The molecule has 0 radical (unpaired) electrons. The van der Waals surface area contributed by atoms with E-state index in [0.717, 1.165) is 26.2 Å². The molecule has 20 nitrogen and oxygen atoms in total. The van der Waals surface area contributed by atoms with Crippen molar-refractivity contribution in [2.45, 2.75) is 80.2 Å². The number of pyridine rings is 3. The van der Waals surface area contributed by atoms with Crippen LogP contribution < -0.4 is 49.1 Å². The van der Waals surface area contributed by atoms with Crippen LogP contribution in [0.2, 0.25) is 0 Å². The molecule has 0 atom stereocenters. The maximum atomic E-state index is 12.3. The van der Waals surface area contributed by atoms with E-state index >= 15 is 0 Å². The van der Waals surface area contributed by atoms with Gasteiger partial charge in [-0.15, -0.1) is 0 Å². The van der Waals surface area contributed by atoms with Crippen LogP contribution in [0.25, 0.3) is 0 Å². The highest BCUT2D eigenvalue weighted by atomic mass is 16.2. The number of anilines is 7. The maximum Gasteiger partial charge on any atom is 0.274 e. The van der Waals surface area contributed by atoms with Gasteiger partial charge in [-0.25, -0.2) is 4.98 Å². The number of likely N-dealkylation sites (N-methyl/N-ethyl adjacent to an activating group) is 2. The van der Waals surface area contributed by atoms with E-state index in [4.69, 9.17) is 17.2 Å². The van der Waals surface area contributed by atoms with E-state index in [1.807, 2.05) is 27.7 Å². The average Bonchev–Trinajstić information content (AvgIpc) is 4.01. The maximum absolute atomic E-state index is 12.3. The van der Waals surface area contributed by atoms with Crippen molar-refractivity contribution in [3.8, 4) is 0 Å². The number of benzene rings is 3. The van der Waals surface area contributed by atoms with Crippen LogP contribution in [-0.2, 0) is 4.79 Å². The molecular formula is C58H78N14O6. The molecule has 0 unspecified atom stereocenters. The third-order valence-electron chi connectivity index (χ3n) is 11.8. The highest BCUT2D eigenvalue weighted by Crippen LogP contribution is 2.23. The molecular weight excluding hydrogens is 989 g/mol. The topological polar surface area (TPSA) is 298 Å². The van der Waals surface area contributed by atoms with Crippen LogP contribution in [0.3, 0.4) is 0 Å². The average molecular weight is 1070 g/mol. The molecule has 3 aromatic carbocycles. The van der Waals surface area contributed by atoms with Crippen molar-refractivity contribution in [3.05, 3.63) is 156 Å². The first-order valence-corrected chi connectivity index (χ1v) is 26.3. The monoisotopic (exact) mass is 1070 g/mol. The van der Waals surface area contributed by atoms with Crippen molar-refractivity contribution in [1.82, 2.24) is 35.4 Å². The molecule has 6 amide bonds. The SMILES string of the molecule is CC.CC.CC(=O)Nc1ccc(C(=O)Nc2ccccc2N)nc1.CCN(CC)CCNC(=O)c1ccc(C(=O)Nc2ccccc2N)nc1.CN(CCNC(=O)c1ccc(C(=O)Nc2ccccc2N)nc1)C1CCCC1. The molecule has 1 saturated carbocycles. The van der Waals surface area contributed by atoms with Crippen LogP contribution >= 0.6 is 0 Å². The number of amides is 6. The van der Waals surface area contributed by atoms with Crippen LogP contribution in [0.1, 0.15) is 126 Å². The van der Waals surface area contributed by atoms with Gasteiger partial charge in [-0.1, -0.05) is 90.8 Å². The van der Waals surface area contributed by atoms with Gasteiger partial charge in [-0.3, -0.25) is 38.7 Å². The number of aromatic nitrogens is 3. The lowest BCUT2D eigenvalue weighted by molar-refractivity contribution is -0.114. The molecule has 0 aliphatic heterocycles. The first kappa shape index (κ1) is 63.5. The van der Waals surface area contributed by atoms with E-state index in [1.165, 1.54) is 69.4 Å². The molecule has 3 heterocycles. The fourth-order valence-electron chi connectivity index (χ4n) is 7.47. The summed E-state index contributed by atoms with van der Waals surface area (Å²) in [5.41, 5.74) is 22.5. The number of nitrogens with zero attached hydrogens (tertiary/aromatic N) is 5. The largest absolute Gasteiger partial charge is 0.397 e. The van der Waals surface area contributed by atoms with E-state index < -0.39 is 0 Å². The highest BCUT2D eigenvalue weighted by Gasteiger charge is 2.20. The van der Waals surface area contributed by atoms with Gasteiger partial charge in [0.15, 0.2) is 0 Å². The number of para-hydroxylation sites is 6. The summed E-state index contributed by atoms with van der Waals surface area (Å²) in [6.45, 7) is 18.2. The third-order valence-corrected chi connectivity index (χ3v) is 11.8. The van der Waals surface area contributed by atoms with Gasteiger partial charge in [0.1, 0.15) is 17.1 Å². The Balaban J connectivity index is 0.000000302. The number of carbonyl (C=O) groups excluding carboxylic acids is 6. The normalized spacial score (nSPS) is 11.3. The summed E-state index contributed by atoms with van der Waals surface area (Å²) in [5.74, 6) is -1.70. The Morgan fingerprint density at radius 1 is 0.500 bits per heavy atom. The number of nitrogens with two attached hydrogens (primary N) is 3. The summed E-state index contributed by atoms with van der Waals surface area (Å²) < 4.78 is 0. The Bertz CT molecular complexity index is 2800. The lowest BCUT2D eigenvalue weighted by Crippen LogP contribution is -2.37. The van der Waals surface area contributed by atoms with Gasteiger partial charge in [-0.05, 0) is 106 Å². The Kier molecular flexibility index (Phi) is 28.3. The molecule has 78 heavy (non-hydrogen) atoms. The van der Waals surface area contributed by atoms with E-state index in [9.17, 15) is 28.8 Å². The third kappa shape index (κ3) is 21.5. The number of rotatable bonds is 18. The predicted octanol–water partition coefficient (Wildman–Crippen LogP) is 8.43. The van der Waals surface area contributed by atoms with Crippen molar-refractivity contribution in [2.24, 2.45) is 0 Å². The summed E-state index contributed by atoms with van der Waals surface area (Å²) in [7, 11) is 2.11. The fraction of sp³-hybridized carbons (Fsp3) is 0.328. The predicted molar refractivity (Wildman–Crippen MR) is 313 cm³/mol. The molecule has 7 rings (SSSR count). The summed E-state index contributed by atoms with van der Waals surface area (Å²) in [4.78, 5) is 88.5. The minimum Gasteiger partial charge on any atom is -0.397 e. The lowest BCUT2D eigenvalue weighted by Gasteiger charge is -2.23. The van der Waals surface area contributed by atoms with Gasteiger partial charge in [-0.2, -0.15) is 0 Å². The number of hydrogen-bond donors (Lipinski definition) is 9. The van der Waals surface area contributed by atoms with Crippen LogP contribution in [0, 0.1) is 0 Å². The summed E-state index contributed by atoms with van der Waals surface area (Å²) in [6.07, 6.45) is 9.31. The molecule has 6 aromatic rings. The van der Waals surface area contributed by atoms with E-state index in [0.29, 0.717) is 70.1 Å². The number of hydrogen-bond acceptors (Lipinski definition) is 14. The van der Waals surface area contributed by atoms with Crippen molar-refractivity contribution in [2.75, 3.05) is 84.8 Å². The van der Waals surface area contributed by atoms with Crippen LogP contribution in [0.15, 0.2) is 128 Å². The minimum atomic E-state index is -0.378. The zero-order chi connectivity index (χ0) is 57.4. The second-order valence-electron chi connectivity index (χ2n) is 17.1. The van der Waals surface area contributed by atoms with Crippen LogP contribution in [0.5, 0.6) is 0 Å². The van der Waals surface area contributed by atoms with Gasteiger partial charge in [0, 0.05) is 51.5 Å². The van der Waals surface area contributed by atoms with Crippen molar-refractivity contribution in [1.29, 1.82) is 0 Å². The second kappa shape index (κ2) is 34.7. The Morgan fingerprint density at radius 3 is 1.21 bits per heavy atom. The quantitative estimate of drug-likeness (QED) is 0.0365. The molecule has 416 valence electrons. The summed E-state index contributed by atoms with van der Waals surface area (Å²) in [6, 6.07) is 31.0. The van der Waals surface area contributed by atoms with Gasteiger partial charge in [0.2, 0.25) is 5.91 Å². The van der Waals surface area contributed by atoms with E-state index in [2.05, 4.69) is 77.5 Å². The number of nitrogen functional groups attached to an aromatic ring is 3. The zero-order valence-corrected chi connectivity index (χ0v) is 46.2. The smallest absolute Gasteiger partial charge is 0.274 e. The van der Waals surface area contributed by atoms with Crippen molar-refractivity contribution >= 4 is 75.3 Å². The minimum absolute atomic E-state index is 0.188. The Hall–Kier alpha value is -8.75. The van der Waals surface area contributed by atoms with Gasteiger partial charge in [0.25, 0.3) is 29.5 Å². The summed E-state index contributed by atoms with van der Waals surface area (Å²) >= 11 is 0. The molecule has 0 saturated heterocycles. The first-order chi connectivity index (χ1) is 37.6. The Morgan fingerprint density at radius 2 is 0.872 bits per heavy atom. The molecule has 20 heteroatoms. The molecule has 12 N–H and O–H groups in total. The molecule has 1 aliphatic carbocycles. The second-order valence-corrected chi connectivity index (χ2v) is 17.1. The standard InChI is InChI=1S/C21H27N5O2.C19H25N5O2.C14H14N4O2.2C2H6/c1-26(16-6-2-3-7-16)13-12-23-20(27)15-10-11-19(24-14-15)21(28)25-18-9-5-4-8-17(18)22;1-3-24(4-2)12-11-21-18(25)14-9-10-17(22-13-14)19(26)23-16-8-6-5-7-15(16)20;1-9(19)17-10-6-7-13(16-8-10)14(20)18-12-5-3-2-4-11(12)15;2*1-2/h4-5,8-11,14,16H,2-3,6-7,12-13,22H2,1H3,(H,23,27)(H,25,28);5-10,13H,3-4,11-12,20H2,1-2H3,(H,21,25)(H,23,26);2-8H,15H2,1H3,(H,17,19)(H,18,20);2*1-2H3. The number of nitrogens with one attached hydrogen (secondary N) is 6. The highest BCUT2D eigenvalue weighted by molar-refractivity contribution is 6.06. The van der Waals surface area contributed by atoms with E-state index in [-0.39, 0.29) is 52.5 Å². The van der Waals surface area contributed by atoms with Gasteiger partial charge < -0.3 is 58.9 Å². The van der Waals surface area contributed by atoms with Gasteiger partial charge >= 0.3 is 0 Å². The summed E-state index contributed by atoms with van der Waals surface area (Å²) in [5, 5.41) is 16.4. The van der Waals surface area contributed by atoms with Crippen LogP contribution in [0.4, 0.5) is 39.8 Å². The molecule has 1 aliphatic rings. The lowest BCUT2D eigenvalue weighted by atomic mass is 10.2. The van der Waals surface area contributed by atoms with Gasteiger partial charge in [0.05, 0.1) is 57.1 Å². The van der Waals surface area contributed by atoms with Crippen LogP contribution in [-0.4, -0.2) is 113 Å². The molecule has 1 fully saturated rings. The molecule has 0 spiro atoms. The molecule has 0 bridgehead atoms. The van der Waals surface area contributed by atoms with Crippen molar-refractivity contribution in [3.63, 3.8) is 0 Å².